The van der Waals surface area contributed by atoms with Gasteiger partial charge in [-0.05, 0) is 84.7 Å². The molecule has 16 nitrogen and oxygen atoms in total. The third kappa shape index (κ3) is 20.2. The normalized spacial score (nSPS) is 11.0. The van der Waals surface area contributed by atoms with Gasteiger partial charge in [-0.15, -0.1) is 0 Å². The molecule has 0 aromatic heterocycles. The Morgan fingerprint density at radius 3 is 1.66 bits per heavy atom. The molecule has 0 bridgehead atoms. The van der Waals surface area contributed by atoms with Crippen LogP contribution in [0.4, 0.5) is 0 Å². The monoisotopic (exact) mass is 946 g/mol. The zero-order valence-corrected chi connectivity index (χ0v) is 40.0. The summed E-state index contributed by atoms with van der Waals surface area (Å²) in [5, 5.41) is 0. The van der Waals surface area contributed by atoms with Gasteiger partial charge >= 0.3 is 29.8 Å². The van der Waals surface area contributed by atoms with Crippen LogP contribution in [0.25, 0.3) is 11.1 Å². The first kappa shape index (κ1) is 55.9. The molecule has 0 heterocycles. The molecule has 0 atom stereocenters. The van der Waals surface area contributed by atoms with Gasteiger partial charge in [0.25, 0.3) is 0 Å². The number of hydrogen-bond acceptors (Lipinski definition) is 16. The number of aryl methyl sites for hydroxylation is 2. The molecular weight excluding hydrogens is 881 g/mol. The minimum absolute atomic E-state index is 0.0523. The minimum Gasteiger partial charge on any atom is -0.492 e. The molecule has 0 N–H and O–H groups in total. The number of methoxy groups -OCH3 is 3. The Morgan fingerprint density at radius 1 is 0.529 bits per heavy atom. The van der Waals surface area contributed by atoms with E-state index in [1.165, 1.54) is 65.2 Å². The van der Waals surface area contributed by atoms with E-state index in [0.29, 0.717) is 30.8 Å². The van der Waals surface area contributed by atoms with Crippen LogP contribution >= 0.6 is 0 Å². The molecule has 370 valence electrons. The third-order valence-electron chi connectivity index (χ3n) is 10.6. The molecule has 0 amide bonds. The predicted molar refractivity (Wildman–Crippen MR) is 250 cm³/mol. The van der Waals surface area contributed by atoms with Gasteiger partial charge < -0.3 is 42.6 Å². The first-order chi connectivity index (χ1) is 32.7. The van der Waals surface area contributed by atoms with Crippen LogP contribution in [0.1, 0.15) is 88.3 Å². The SMILES string of the molecule is C=C(C)C(=O)OCCCc1cc(-c2ccc(OCc3ccc(CCCCCCCC)cc3)cc2)ccc1OCC(COC(=O)C(=O)CCOC)(COC(=O)C(=O)CCOC)COC(=O)C(=O)OC. The largest absolute Gasteiger partial charge is 0.492 e. The van der Waals surface area contributed by atoms with Crippen LogP contribution in [0.3, 0.4) is 0 Å². The average molecular weight is 947 g/mol. The molecule has 0 saturated heterocycles. The topological polar surface area (TPSA) is 203 Å². The van der Waals surface area contributed by atoms with Gasteiger partial charge in [0.1, 0.15) is 49.9 Å². The molecule has 3 rings (SSSR count). The van der Waals surface area contributed by atoms with Crippen LogP contribution in [0.2, 0.25) is 0 Å². The lowest BCUT2D eigenvalue weighted by atomic mass is 9.91. The van der Waals surface area contributed by atoms with Gasteiger partial charge in [0.05, 0.1) is 26.9 Å². The minimum atomic E-state index is -1.81. The highest BCUT2D eigenvalue weighted by Crippen LogP contribution is 2.31. The predicted octanol–water partition coefficient (Wildman–Crippen LogP) is 7.27. The van der Waals surface area contributed by atoms with Gasteiger partial charge in [0.15, 0.2) is 0 Å². The maximum atomic E-state index is 12.8. The second-order valence-electron chi connectivity index (χ2n) is 16.3. The summed E-state index contributed by atoms with van der Waals surface area (Å²) < 4.78 is 47.9. The highest BCUT2D eigenvalue weighted by atomic mass is 16.6. The highest BCUT2D eigenvalue weighted by Gasteiger charge is 2.39. The van der Waals surface area contributed by atoms with E-state index < -0.39 is 73.3 Å². The van der Waals surface area contributed by atoms with Crippen LogP contribution in [0, 0.1) is 5.41 Å². The molecule has 3 aromatic carbocycles. The summed E-state index contributed by atoms with van der Waals surface area (Å²) in [5.41, 5.74) is 3.08. The van der Waals surface area contributed by atoms with E-state index in [9.17, 15) is 33.6 Å². The smallest absolute Gasteiger partial charge is 0.417 e. The zero-order chi connectivity index (χ0) is 49.7. The van der Waals surface area contributed by atoms with Crippen molar-refractivity contribution in [2.45, 2.75) is 91.1 Å². The molecule has 0 spiro atoms. The summed E-state index contributed by atoms with van der Waals surface area (Å²) >= 11 is 0. The summed E-state index contributed by atoms with van der Waals surface area (Å²) in [4.78, 5) is 87.3. The van der Waals surface area contributed by atoms with Gasteiger partial charge in [-0.25, -0.2) is 24.0 Å². The Hall–Kier alpha value is -6.39. The van der Waals surface area contributed by atoms with Crippen molar-refractivity contribution in [1.82, 2.24) is 0 Å². The molecule has 0 saturated carbocycles. The standard InChI is InChI=1S/C52H66O16/c1-7-8-9-10-11-12-14-38-16-18-39(19-17-38)32-64-43-23-20-40(21-24-43)41-22-25-46(42(31-41)15-13-28-63-47(55)37(2)3)65-33-52(36-68-51(59)50(58)62-6,34-66-48(56)44(53)26-29-60-4)35-67-49(57)45(54)27-30-61-5/h16-25,31H,2,7-15,26-30,32-36H2,1,3-6H3. The van der Waals surface area contributed by atoms with Crippen molar-refractivity contribution in [2.75, 3.05) is 67.6 Å². The summed E-state index contributed by atoms with van der Waals surface area (Å²) in [7, 11) is 3.65. The van der Waals surface area contributed by atoms with Crippen molar-refractivity contribution in [3.63, 3.8) is 0 Å². The molecule has 0 fully saturated rings. The molecule has 16 heteroatoms. The van der Waals surface area contributed by atoms with E-state index in [0.717, 1.165) is 30.2 Å². The quantitative estimate of drug-likeness (QED) is 0.0194. The van der Waals surface area contributed by atoms with Crippen LogP contribution in [-0.2, 0) is 86.2 Å². The van der Waals surface area contributed by atoms with Crippen molar-refractivity contribution >= 4 is 41.4 Å². The van der Waals surface area contributed by atoms with E-state index >= 15 is 0 Å². The van der Waals surface area contributed by atoms with E-state index in [-0.39, 0.29) is 44.0 Å². The maximum Gasteiger partial charge on any atom is 0.417 e. The fourth-order valence-electron chi connectivity index (χ4n) is 6.50. The molecule has 0 aliphatic carbocycles. The zero-order valence-electron chi connectivity index (χ0n) is 40.0. The molecule has 68 heavy (non-hydrogen) atoms. The molecule has 0 radical (unpaired) electrons. The number of carbonyl (C=O) groups is 7. The first-order valence-electron chi connectivity index (χ1n) is 22.8. The summed E-state index contributed by atoms with van der Waals surface area (Å²) in [6, 6.07) is 21.4. The summed E-state index contributed by atoms with van der Waals surface area (Å²) in [5.74, 6) is -6.79. The van der Waals surface area contributed by atoms with E-state index in [2.05, 4.69) is 42.5 Å². The van der Waals surface area contributed by atoms with E-state index in [4.69, 9.17) is 37.9 Å². The Balaban J connectivity index is 1.89. The number of hydrogen-bond donors (Lipinski definition) is 0. The number of unbranched alkanes of at least 4 members (excludes halogenated alkanes) is 5. The van der Waals surface area contributed by atoms with Crippen LogP contribution in [0.15, 0.2) is 78.9 Å². The van der Waals surface area contributed by atoms with Crippen molar-refractivity contribution in [3.05, 3.63) is 95.6 Å². The fourth-order valence-corrected chi connectivity index (χ4v) is 6.50. The second-order valence-corrected chi connectivity index (χ2v) is 16.3. The number of esters is 5. The number of rotatable bonds is 33. The number of Topliss-reactive ketones (excluding diaryl/α,β-unsaturated/α-hetero) is 2. The molecule has 3 aromatic rings. The van der Waals surface area contributed by atoms with Gasteiger partial charge in [-0.3, -0.25) is 9.59 Å². The maximum absolute atomic E-state index is 12.8. The Morgan fingerprint density at radius 2 is 1.09 bits per heavy atom. The highest BCUT2D eigenvalue weighted by molar-refractivity contribution is 6.34. The summed E-state index contributed by atoms with van der Waals surface area (Å²) in [6.45, 7) is 4.90. The first-order valence-corrected chi connectivity index (χ1v) is 22.8. The van der Waals surface area contributed by atoms with Crippen LogP contribution in [0.5, 0.6) is 11.5 Å². The molecule has 0 unspecified atom stereocenters. The van der Waals surface area contributed by atoms with Crippen molar-refractivity contribution in [3.8, 4) is 22.6 Å². The average Bonchev–Trinajstić information content (AvgIpc) is 3.35. The Bertz CT molecular complexity index is 2070. The second kappa shape index (κ2) is 30.8. The van der Waals surface area contributed by atoms with Crippen LogP contribution < -0.4 is 9.47 Å². The van der Waals surface area contributed by atoms with Crippen molar-refractivity contribution in [1.29, 1.82) is 0 Å². The Kier molecular flexibility index (Phi) is 25.3. The molecule has 0 aliphatic heterocycles. The van der Waals surface area contributed by atoms with Crippen molar-refractivity contribution in [2.24, 2.45) is 5.41 Å². The van der Waals surface area contributed by atoms with Crippen LogP contribution in [-0.4, -0.2) is 109 Å². The Labute approximate surface area is 398 Å². The van der Waals surface area contributed by atoms with Crippen molar-refractivity contribution < 1.29 is 76.2 Å². The van der Waals surface area contributed by atoms with Gasteiger partial charge in [0, 0.05) is 32.6 Å². The summed E-state index contributed by atoms with van der Waals surface area (Å²) in [6.07, 6.45) is 8.69. The lowest BCUT2D eigenvalue weighted by Crippen LogP contribution is -2.45. The van der Waals surface area contributed by atoms with E-state index in [1.807, 2.05) is 30.3 Å². The number of benzene rings is 3. The number of carbonyl (C=O) groups excluding carboxylic acids is 7. The number of ketones is 2. The van der Waals surface area contributed by atoms with E-state index in [1.54, 1.807) is 12.1 Å². The molecule has 0 aliphatic rings. The lowest BCUT2D eigenvalue weighted by molar-refractivity contribution is -0.175. The van der Waals surface area contributed by atoms with Gasteiger partial charge in [-0.2, -0.15) is 0 Å². The van der Waals surface area contributed by atoms with Gasteiger partial charge in [0.2, 0.25) is 11.6 Å². The fraction of sp³-hybridized carbons (Fsp3) is 0.481. The molecular formula is C52H66O16. The number of ether oxygens (including phenoxy) is 9. The lowest BCUT2D eigenvalue weighted by Gasteiger charge is -2.32. The van der Waals surface area contributed by atoms with Gasteiger partial charge in [-0.1, -0.05) is 88.1 Å². The third-order valence-corrected chi connectivity index (χ3v) is 10.6.